The predicted octanol–water partition coefficient (Wildman–Crippen LogP) is -0.972. The third kappa shape index (κ3) is 2.58. The number of hydrogen-bond donors (Lipinski definition) is 2. The minimum Gasteiger partial charge on any atom is -0.480 e. The molecular weight excluding hydrogens is 204 g/mol. The standard InChI is InChI=1S/C8H12N2O5/c1-2-15-8(14)10-4-6(11)9-3-5(10)7(12)13/h5H,2-4H2,1H3,(H,9,11)(H,12,13). The zero-order valence-electron chi connectivity index (χ0n) is 8.23. The fourth-order valence-corrected chi connectivity index (χ4v) is 1.26. The second kappa shape index (κ2) is 4.63. The maximum Gasteiger partial charge on any atom is 0.411 e. The maximum absolute atomic E-state index is 11.3. The van der Waals surface area contributed by atoms with E-state index in [1.165, 1.54) is 0 Å². The van der Waals surface area contributed by atoms with Crippen molar-refractivity contribution in [3.05, 3.63) is 0 Å². The number of carboxylic acids is 1. The number of amides is 2. The van der Waals surface area contributed by atoms with Gasteiger partial charge in [0.15, 0.2) is 6.04 Å². The van der Waals surface area contributed by atoms with E-state index >= 15 is 0 Å². The maximum atomic E-state index is 11.3. The van der Waals surface area contributed by atoms with Gasteiger partial charge in [0.1, 0.15) is 6.54 Å². The summed E-state index contributed by atoms with van der Waals surface area (Å²) in [6, 6.07) is -1.05. The molecule has 0 radical (unpaired) electrons. The molecule has 84 valence electrons. The van der Waals surface area contributed by atoms with Crippen molar-refractivity contribution >= 4 is 18.0 Å². The Bertz CT molecular complexity index is 291. The van der Waals surface area contributed by atoms with Crippen LogP contribution in [0.15, 0.2) is 0 Å². The number of carbonyl (C=O) groups is 3. The Morgan fingerprint density at radius 1 is 1.67 bits per heavy atom. The largest absolute Gasteiger partial charge is 0.480 e. The molecule has 0 aromatic carbocycles. The van der Waals surface area contributed by atoms with E-state index in [0.29, 0.717) is 0 Å². The molecule has 1 fully saturated rings. The number of aliphatic carboxylic acids is 1. The molecule has 1 aliphatic rings. The average molecular weight is 216 g/mol. The van der Waals surface area contributed by atoms with Gasteiger partial charge in [0.05, 0.1) is 6.61 Å². The smallest absolute Gasteiger partial charge is 0.411 e. The Balaban J connectivity index is 2.74. The number of piperazine rings is 1. The molecule has 1 aliphatic heterocycles. The van der Waals surface area contributed by atoms with Crippen LogP contribution in [-0.4, -0.2) is 53.7 Å². The molecule has 1 rings (SSSR count). The van der Waals surface area contributed by atoms with Crippen molar-refractivity contribution in [2.24, 2.45) is 0 Å². The lowest BCUT2D eigenvalue weighted by Crippen LogP contribution is -2.59. The first-order valence-corrected chi connectivity index (χ1v) is 4.49. The van der Waals surface area contributed by atoms with E-state index in [2.05, 4.69) is 10.1 Å². The Kier molecular flexibility index (Phi) is 3.48. The number of carboxylic acid groups (broad SMARTS) is 1. The van der Waals surface area contributed by atoms with Crippen LogP contribution in [0.2, 0.25) is 0 Å². The molecule has 7 nitrogen and oxygen atoms in total. The fraction of sp³-hybridized carbons (Fsp3) is 0.625. The fourth-order valence-electron chi connectivity index (χ4n) is 1.26. The summed E-state index contributed by atoms with van der Waals surface area (Å²) in [5.74, 6) is -1.55. The normalized spacial score (nSPS) is 20.7. The summed E-state index contributed by atoms with van der Waals surface area (Å²) in [7, 11) is 0. The van der Waals surface area contributed by atoms with Gasteiger partial charge >= 0.3 is 12.1 Å². The molecule has 0 aromatic rings. The van der Waals surface area contributed by atoms with Gasteiger partial charge in [-0.3, -0.25) is 9.69 Å². The first-order chi connectivity index (χ1) is 7.06. The number of nitrogens with zero attached hydrogens (tertiary/aromatic N) is 1. The van der Waals surface area contributed by atoms with Crippen LogP contribution in [0.1, 0.15) is 6.92 Å². The molecule has 15 heavy (non-hydrogen) atoms. The van der Waals surface area contributed by atoms with E-state index in [-0.39, 0.29) is 25.6 Å². The summed E-state index contributed by atoms with van der Waals surface area (Å²) in [4.78, 5) is 34.0. The van der Waals surface area contributed by atoms with Gasteiger partial charge in [0.25, 0.3) is 0 Å². The predicted molar refractivity (Wildman–Crippen MR) is 48.2 cm³/mol. The highest BCUT2D eigenvalue weighted by atomic mass is 16.6. The van der Waals surface area contributed by atoms with Crippen LogP contribution in [-0.2, 0) is 14.3 Å². The first kappa shape index (κ1) is 11.3. The Morgan fingerprint density at radius 2 is 2.33 bits per heavy atom. The van der Waals surface area contributed by atoms with E-state index in [0.717, 1.165) is 4.90 Å². The highest BCUT2D eigenvalue weighted by molar-refractivity contribution is 5.88. The van der Waals surface area contributed by atoms with Crippen LogP contribution >= 0.6 is 0 Å². The number of ether oxygens (including phenoxy) is 1. The second-order valence-electron chi connectivity index (χ2n) is 2.98. The molecule has 1 saturated heterocycles. The van der Waals surface area contributed by atoms with E-state index in [9.17, 15) is 14.4 Å². The van der Waals surface area contributed by atoms with Crippen LogP contribution in [0.5, 0.6) is 0 Å². The van der Waals surface area contributed by atoms with Crippen molar-refractivity contribution in [1.82, 2.24) is 10.2 Å². The first-order valence-electron chi connectivity index (χ1n) is 4.49. The summed E-state index contributed by atoms with van der Waals surface area (Å²) in [5, 5.41) is 11.2. The summed E-state index contributed by atoms with van der Waals surface area (Å²) < 4.78 is 4.65. The Hall–Kier alpha value is -1.79. The van der Waals surface area contributed by atoms with Crippen molar-refractivity contribution in [3.63, 3.8) is 0 Å². The molecule has 2 N–H and O–H groups in total. The topological polar surface area (TPSA) is 95.9 Å². The van der Waals surface area contributed by atoms with Gasteiger partial charge in [-0.25, -0.2) is 9.59 Å². The van der Waals surface area contributed by atoms with Crippen LogP contribution in [0.3, 0.4) is 0 Å². The van der Waals surface area contributed by atoms with Gasteiger partial charge in [-0.2, -0.15) is 0 Å². The highest BCUT2D eigenvalue weighted by Gasteiger charge is 2.35. The zero-order valence-corrected chi connectivity index (χ0v) is 8.23. The number of hydrogen-bond acceptors (Lipinski definition) is 4. The van der Waals surface area contributed by atoms with Crippen molar-refractivity contribution in [2.75, 3.05) is 19.7 Å². The Morgan fingerprint density at radius 3 is 2.87 bits per heavy atom. The average Bonchev–Trinajstić information content (AvgIpc) is 2.17. The van der Waals surface area contributed by atoms with Crippen LogP contribution in [0.25, 0.3) is 0 Å². The molecule has 0 aliphatic carbocycles. The summed E-state index contributed by atoms with van der Waals surface area (Å²) in [6.45, 7) is 1.38. The lowest BCUT2D eigenvalue weighted by molar-refractivity contribution is -0.145. The van der Waals surface area contributed by atoms with Crippen molar-refractivity contribution in [1.29, 1.82) is 0 Å². The molecular formula is C8H12N2O5. The number of carbonyl (C=O) groups excluding carboxylic acids is 2. The molecule has 0 bridgehead atoms. The summed E-state index contributed by atoms with van der Waals surface area (Å²) >= 11 is 0. The van der Waals surface area contributed by atoms with Crippen LogP contribution < -0.4 is 5.32 Å². The summed E-state index contributed by atoms with van der Waals surface area (Å²) in [5.41, 5.74) is 0. The van der Waals surface area contributed by atoms with E-state index in [1.54, 1.807) is 6.92 Å². The molecule has 7 heteroatoms. The minimum atomic E-state index is -1.16. The lowest BCUT2D eigenvalue weighted by Gasteiger charge is -2.31. The quantitative estimate of drug-likeness (QED) is 0.619. The van der Waals surface area contributed by atoms with E-state index in [4.69, 9.17) is 5.11 Å². The molecule has 1 heterocycles. The lowest BCUT2D eigenvalue weighted by atomic mass is 10.2. The number of nitrogens with one attached hydrogen (secondary N) is 1. The molecule has 0 spiro atoms. The molecule has 1 unspecified atom stereocenters. The van der Waals surface area contributed by atoms with Crippen molar-refractivity contribution in [3.8, 4) is 0 Å². The van der Waals surface area contributed by atoms with Gasteiger partial charge < -0.3 is 15.2 Å². The molecule has 2 amide bonds. The third-order valence-corrected chi connectivity index (χ3v) is 1.97. The van der Waals surface area contributed by atoms with Gasteiger partial charge in [-0.1, -0.05) is 0 Å². The zero-order chi connectivity index (χ0) is 11.4. The van der Waals surface area contributed by atoms with Gasteiger partial charge in [0.2, 0.25) is 5.91 Å². The molecule has 0 saturated carbocycles. The monoisotopic (exact) mass is 216 g/mol. The SMILES string of the molecule is CCOC(=O)N1CC(=O)NCC1C(=O)O. The van der Waals surface area contributed by atoms with E-state index in [1.807, 2.05) is 0 Å². The van der Waals surface area contributed by atoms with Crippen LogP contribution in [0.4, 0.5) is 4.79 Å². The van der Waals surface area contributed by atoms with Gasteiger partial charge in [-0.05, 0) is 6.92 Å². The van der Waals surface area contributed by atoms with E-state index < -0.39 is 18.1 Å². The van der Waals surface area contributed by atoms with Gasteiger partial charge in [-0.15, -0.1) is 0 Å². The van der Waals surface area contributed by atoms with Crippen LogP contribution in [0, 0.1) is 0 Å². The number of rotatable bonds is 2. The highest BCUT2D eigenvalue weighted by Crippen LogP contribution is 2.06. The minimum absolute atomic E-state index is 0.0903. The van der Waals surface area contributed by atoms with Crippen molar-refractivity contribution < 1.29 is 24.2 Å². The third-order valence-electron chi connectivity index (χ3n) is 1.97. The molecule has 0 aromatic heterocycles. The van der Waals surface area contributed by atoms with Crippen molar-refractivity contribution in [2.45, 2.75) is 13.0 Å². The Labute approximate surface area is 86.0 Å². The molecule has 1 atom stereocenters. The summed E-state index contributed by atoms with van der Waals surface area (Å²) in [6.07, 6.45) is -0.778. The second-order valence-corrected chi connectivity index (χ2v) is 2.98. The van der Waals surface area contributed by atoms with Gasteiger partial charge in [0, 0.05) is 6.54 Å².